The maximum absolute atomic E-state index is 12.0. The smallest absolute Gasteiger partial charge is 0.376 e. The molecule has 1 atom stereocenters. The molecule has 0 saturated heterocycles. The van der Waals surface area contributed by atoms with E-state index < -0.39 is 18.1 Å². The van der Waals surface area contributed by atoms with Crippen LogP contribution in [0.3, 0.4) is 0 Å². The van der Waals surface area contributed by atoms with Gasteiger partial charge in [0.25, 0.3) is 0 Å². The summed E-state index contributed by atoms with van der Waals surface area (Å²) in [5.74, 6) is 0.675. The van der Waals surface area contributed by atoms with Crippen molar-refractivity contribution in [1.29, 1.82) is 0 Å². The summed E-state index contributed by atoms with van der Waals surface area (Å²) < 4.78 is 35.9. The molecule has 74 valence electrons. The van der Waals surface area contributed by atoms with Gasteiger partial charge in [-0.3, -0.25) is 0 Å². The van der Waals surface area contributed by atoms with E-state index in [1.54, 1.807) is 0 Å². The molecular weight excluding hydrogens is 197 g/mol. The summed E-state index contributed by atoms with van der Waals surface area (Å²) in [7, 11) is 0. The van der Waals surface area contributed by atoms with Gasteiger partial charge in [0.15, 0.2) is 0 Å². The van der Waals surface area contributed by atoms with Gasteiger partial charge >= 0.3 is 6.18 Å². The van der Waals surface area contributed by atoms with Gasteiger partial charge < -0.3 is 5.11 Å². The minimum atomic E-state index is -4.58. The van der Waals surface area contributed by atoms with Crippen molar-refractivity contribution in [2.75, 3.05) is 0 Å². The molecular formula is C8H5F3N2O. The van der Waals surface area contributed by atoms with Gasteiger partial charge in [-0.1, -0.05) is 5.92 Å². The van der Waals surface area contributed by atoms with Crippen LogP contribution in [-0.2, 0) is 6.18 Å². The third kappa shape index (κ3) is 2.20. The third-order valence-corrected chi connectivity index (χ3v) is 1.40. The lowest BCUT2D eigenvalue weighted by Crippen LogP contribution is -2.11. The standard InChI is InChI=1S/C8H5F3N2O/c1-2-6(14)5-3-12-7(13-4-5)8(9,10)11/h1,3-4,6,14H. The van der Waals surface area contributed by atoms with Gasteiger partial charge in [0.1, 0.15) is 6.10 Å². The highest BCUT2D eigenvalue weighted by molar-refractivity contribution is 5.17. The van der Waals surface area contributed by atoms with Crippen LogP contribution in [0.2, 0.25) is 0 Å². The molecule has 0 bridgehead atoms. The van der Waals surface area contributed by atoms with Crippen LogP contribution in [0, 0.1) is 12.3 Å². The summed E-state index contributed by atoms with van der Waals surface area (Å²) in [6.07, 6.45) is 0.681. The molecule has 0 amide bonds. The minimum Gasteiger partial charge on any atom is -0.376 e. The molecule has 0 saturated carbocycles. The normalized spacial score (nSPS) is 13.4. The van der Waals surface area contributed by atoms with Crippen molar-refractivity contribution < 1.29 is 18.3 Å². The third-order valence-electron chi connectivity index (χ3n) is 1.40. The van der Waals surface area contributed by atoms with Crippen molar-refractivity contribution in [2.24, 2.45) is 0 Å². The Morgan fingerprint density at radius 3 is 2.21 bits per heavy atom. The Hall–Kier alpha value is -1.61. The van der Waals surface area contributed by atoms with Crippen molar-refractivity contribution in [1.82, 2.24) is 9.97 Å². The molecule has 0 aliphatic heterocycles. The number of aromatic nitrogens is 2. The molecule has 1 heterocycles. The molecule has 1 unspecified atom stereocenters. The van der Waals surface area contributed by atoms with Crippen molar-refractivity contribution in [3.8, 4) is 12.3 Å². The van der Waals surface area contributed by atoms with Crippen LogP contribution in [0.15, 0.2) is 12.4 Å². The lowest BCUT2D eigenvalue weighted by Gasteiger charge is -2.06. The second kappa shape index (κ2) is 3.64. The second-order valence-electron chi connectivity index (χ2n) is 2.41. The summed E-state index contributed by atoms with van der Waals surface area (Å²) in [6, 6.07) is 0. The topological polar surface area (TPSA) is 46.0 Å². The Bertz CT molecular complexity index is 352. The van der Waals surface area contributed by atoms with E-state index in [-0.39, 0.29) is 5.56 Å². The van der Waals surface area contributed by atoms with Crippen LogP contribution in [0.25, 0.3) is 0 Å². The van der Waals surface area contributed by atoms with E-state index in [4.69, 9.17) is 11.5 Å². The molecule has 0 radical (unpaired) electrons. The Balaban J connectivity index is 2.96. The molecule has 6 heteroatoms. The highest BCUT2D eigenvalue weighted by atomic mass is 19.4. The van der Waals surface area contributed by atoms with Crippen LogP contribution < -0.4 is 0 Å². The molecule has 0 aromatic carbocycles. The second-order valence-corrected chi connectivity index (χ2v) is 2.41. The fraction of sp³-hybridized carbons (Fsp3) is 0.250. The summed E-state index contributed by atoms with van der Waals surface area (Å²) in [5, 5.41) is 9.03. The number of nitrogens with zero attached hydrogens (tertiary/aromatic N) is 2. The lowest BCUT2D eigenvalue weighted by atomic mass is 10.2. The number of aliphatic hydroxyl groups excluding tert-OH is 1. The van der Waals surface area contributed by atoms with Crippen LogP contribution in [0.4, 0.5) is 13.2 Å². The SMILES string of the molecule is C#CC(O)c1cnc(C(F)(F)F)nc1. The highest BCUT2D eigenvalue weighted by Crippen LogP contribution is 2.25. The summed E-state index contributed by atoms with van der Waals surface area (Å²) in [4.78, 5) is 6.05. The fourth-order valence-corrected chi connectivity index (χ4v) is 0.722. The number of alkyl halides is 3. The zero-order valence-electron chi connectivity index (χ0n) is 6.78. The number of halogens is 3. The Labute approximate surface area is 77.6 Å². The average molecular weight is 202 g/mol. The summed E-state index contributed by atoms with van der Waals surface area (Å²) >= 11 is 0. The molecule has 0 fully saturated rings. The van der Waals surface area contributed by atoms with Crippen molar-refractivity contribution in [3.63, 3.8) is 0 Å². The highest BCUT2D eigenvalue weighted by Gasteiger charge is 2.34. The van der Waals surface area contributed by atoms with Crippen molar-refractivity contribution >= 4 is 0 Å². The van der Waals surface area contributed by atoms with E-state index in [9.17, 15) is 13.2 Å². The number of terminal acetylenes is 1. The van der Waals surface area contributed by atoms with E-state index in [0.29, 0.717) is 0 Å². The maximum Gasteiger partial charge on any atom is 0.451 e. The molecule has 1 aromatic rings. The maximum atomic E-state index is 12.0. The summed E-state index contributed by atoms with van der Waals surface area (Å²) in [5.41, 5.74) is 0.0560. The Morgan fingerprint density at radius 1 is 1.36 bits per heavy atom. The largest absolute Gasteiger partial charge is 0.451 e. The molecule has 1 N–H and O–H groups in total. The number of hydrogen-bond acceptors (Lipinski definition) is 3. The first kappa shape index (κ1) is 10.5. The van der Waals surface area contributed by atoms with E-state index in [0.717, 1.165) is 12.4 Å². The van der Waals surface area contributed by atoms with Crippen molar-refractivity contribution in [2.45, 2.75) is 12.3 Å². The van der Waals surface area contributed by atoms with Gasteiger partial charge in [-0.05, 0) is 0 Å². The average Bonchev–Trinajstić information content (AvgIpc) is 2.15. The molecule has 3 nitrogen and oxygen atoms in total. The van der Waals surface area contributed by atoms with Gasteiger partial charge in [-0.2, -0.15) is 13.2 Å². The van der Waals surface area contributed by atoms with Crippen LogP contribution >= 0.6 is 0 Å². The van der Waals surface area contributed by atoms with Crippen LogP contribution in [0.1, 0.15) is 17.5 Å². The van der Waals surface area contributed by atoms with E-state index in [1.807, 2.05) is 5.92 Å². The van der Waals surface area contributed by atoms with Crippen molar-refractivity contribution in [3.05, 3.63) is 23.8 Å². The van der Waals surface area contributed by atoms with Gasteiger partial charge in [-0.15, -0.1) is 6.42 Å². The monoisotopic (exact) mass is 202 g/mol. The Kier molecular flexibility index (Phi) is 2.72. The van der Waals surface area contributed by atoms with Crippen LogP contribution in [-0.4, -0.2) is 15.1 Å². The lowest BCUT2D eigenvalue weighted by molar-refractivity contribution is -0.145. The predicted octanol–water partition coefficient (Wildman–Crippen LogP) is 1.16. The van der Waals surface area contributed by atoms with Crippen LogP contribution in [0.5, 0.6) is 0 Å². The zero-order valence-corrected chi connectivity index (χ0v) is 6.78. The zero-order chi connectivity index (χ0) is 10.8. The number of rotatable bonds is 1. The first-order valence-corrected chi connectivity index (χ1v) is 3.48. The number of aliphatic hydroxyl groups is 1. The molecule has 0 aliphatic rings. The van der Waals surface area contributed by atoms with Gasteiger partial charge in [0, 0.05) is 18.0 Å². The molecule has 14 heavy (non-hydrogen) atoms. The molecule has 1 aromatic heterocycles. The molecule has 1 rings (SSSR count). The van der Waals surface area contributed by atoms with Gasteiger partial charge in [0.05, 0.1) is 0 Å². The van der Waals surface area contributed by atoms with E-state index in [2.05, 4.69) is 9.97 Å². The first-order valence-electron chi connectivity index (χ1n) is 3.48. The van der Waals surface area contributed by atoms with Gasteiger partial charge in [0.2, 0.25) is 5.82 Å². The first-order chi connectivity index (χ1) is 6.45. The fourth-order valence-electron chi connectivity index (χ4n) is 0.722. The predicted molar refractivity (Wildman–Crippen MR) is 40.8 cm³/mol. The number of hydrogen-bond donors (Lipinski definition) is 1. The minimum absolute atomic E-state index is 0.0560. The Morgan fingerprint density at radius 2 is 1.86 bits per heavy atom. The van der Waals surface area contributed by atoms with E-state index in [1.165, 1.54) is 0 Å². The molecule has 0 aliphatic carbocycles. The summed E-state index contributed by atoms with van der Waals surface area (Å²) in [6.45, 7) is 0. The quantitative estimate of drug-likeness (QED) is 0.695. The molecule has 0 spiro atoms. The van der Waals surface area contributed by atoms with E-state index >= 15 is 0 Å². The van der Waals surface area contributed by atoms with Gasteiger partial charge in [-0.25, -0.2) is 9.97 Å².